The molecule has 0 spiro atoms. The molecule has 2 nitrogen and oxygen atoms in total. The topological polar surface area (TPSA) is 23.5 Å². The van der Waals surface area contributed by atoms with Gasteiger partial charge in [-0.2, -0.15) is 0 Å². The van der Waals surface area contributed by atoms with Crippen LogP contribution in [-0.2, 0) is 0 Å². The molecule has 1 aliphatic carbocycles. The minimum atomic E-state index is -0.361. The number of benzene rings is 1. The summed E-state index contributed by atoms with van der Waals surface area (Å²) in [5.41, 5.74) is 2.24. The molecule has 0 saturated heterocycles. The molecule has 0 bridgehead atoms. The Kier molecular flexibility index (Phi) is 4.19. The van der Waals surface area contributed by atoms with Crippen LogP contribution in [0.4, 0.5) is 0 Å². The molecule has 2 heteroatoms. The highest BCUT2D eigenvalue weighted by atomic mass is 16.3. The summed E-state index contributed by atoms with van der Waals surface area (Å²) in [6.07, 6.45) is 3.76. The van der Waals surface area contributed by atoms with Crippen LogP contribution in [0.2, 0.25) is 0 Å². The molecule has 1 aromatic rings. The van der Waals surface area contributed by atoms with Crippen molar-refractivity contribution in [2.75, 3.05) is 20.1 Å². The lowest BCUT2D eigenvalue weighted by atomic mass is 9.85. The van der Waals surface area contributed by atoms with Gasteiger partial charge in [0.15, 0.2) is 0 Å². The lowest BCUT2D eigenvalue weighted by molar-refractivity contribution is 0.107. The van der Waals surface area contributed by atoms with Gasteiger partial charge >= 0.3 is 0 Å². The molecular weight excluding hydrogens is 210 g/mol. The minimum Gasteiger partial charge on any atom is -0.387 e. The van der Waals surface area contributed by atoms with E-state index in [1.54, 1.807) is 0 Å². The number of rotatable bonds is 5. The van der Waals surface area contributed by atoms with Gasteiger partial charge in [0, 0.05) is 13.1 Å². The maximum Gasteiger partial charge on any atom is 0.0916 e. The zero-order valence-electron chi connectivity index (χ0n) is 10.9. The van der Waals surface area contributed by atoms with Gasteiger partial charge in [0.25, 0.3) is 0 Å². The Balaban J connectivity index is 1.84. The first-order valence-electron chi connectivity index (χ1n) is 6.58. The number of aliphatic hydroxyl groups is 1. The SMILES string of the molecule is Cc1cccc(C(O)CN(C)CC2CCC2)c1. The number of hydrogen-bond donors (Lipinski definition) is 1. The molecule has 0 aliphatic heterocycles. The predicted octanol–water partition coefficient (Wildman–Crippen LogP) is 2.76. The second-order valence-corrected chi connectivity index (χ2v) is 5.45. The fourth-order valence-electron chi connectivity index (χ4n) is 2.47. The van der Waals surface area contributed by atoms with Crippen LogP contribution in [0.1, 0.15) is 36.5 Å². The maximum absolute atomic E-state index is 10.2. The summed E-state index contributed by atoms with van der Waals surface area (Å²) in [5, 5.41) is 10.2. The van der Waals surface area contributed by atoms with Gasteiger partial charge in [-0.1, -0.05) is 36.2 Å². The molecule has 0 amide bonds. The second kappa shape index (κ2) is 5.65. The number of aryl methyl sites for hydroxylation is 1. The van der Waals surface area contributed by atoms with Crippen LogP contribution in [0.15, 0.2) is 24.3 Å². The van der Waals surface area contributed by atoms with Crippen molar-refractivity contribution in [3.63, 3.8) is 0 Å². The maximum atomic E-state index is 10.2. The molecule has 1 N–H and O–H groups in total. The molecule has 1 atom stereocenters. The number of nitrogens with zero attached hydrogens (tertiary/aromatic N) is 1. The second-order valence-electron chi connectivity index (χ2n) is 5.45. The molecule has 1 aliphatic rings. The Morgan fingerprint density at radius 2 is 2.18 bits per heavy atom. The first kappa shape index (κ1) is 12.6. The minimum absolute atomic E-state index is 0.361. The Bertz CT molecular complexity index is 360. The molecule has 2 rings (SSSR count). The first-order chi connectivity index (χ1) is 8.15. The largest absolute Gasteiger partial charge is 0.387 e. The third kappa shape index (κ3) is 3.55. The molecule has 0 heterocycles. The van der Waals surface area contributed by atoms with Crippen LogP contribution < -0.4 is 0 Å². The number of likely N-dealkylation sites (N-methyl/N-ethyl adjacent to an activating group) is 1. The van der Waals surface area contributed by atoms with E-state index in [0.29, 0.717) is 0 Å². The number of aliphatic hydroxyl groups excluding tert-OH is 1. The van der Waals surface area contributed by atoms with Crippen LogP contribution in [-0.4, -0.2) is 30.1 Å². The van der Waals surface area contributed by atoms with Gasteiger partial charge in [0.05, 0.1) is 6.10 Å². The van der Waals surface area contributed by atoms with Crippen molar-refractivity contribution in [1.29, 1.82) is 0 Å². The third-order valence-electron chi connectivity index (χ3n) is 3.71. The van der Waals surface area contributed by atoms with Gasteiger partial charge in [-0.05, 0) is 38.3 Å². The van der Waals surface area contributed by atoms with Crippen molar-refractivity contribution < 1.29 is 5.11 Å². The van der Waals surface area contributed by atoms with E-state index in [4.69, 9.17) is 0 Å². The molecule has 0 radical (unpaired) electrons. The van der Waals surface area contributed by atoms with E-state index in [1.807, 2.05) is 12.1 Å². The summed E-state index contributed by atoms with van der Waals surface area (Å²) >= 11 is 0. The van der Waals surface area contributed by atoms with E-state index in [2.05, 4.69) is 31.0 Å². The Morgan fingerprint density at radius 1 is 1.41 bits per heavy atom. The highest BCUT2D eigenvalue weighted by molar-refractivity contribution is 5.24. The molecular formula is C15H23NO. The van der Waals surface area contributed by atoms with Crippen LogP contribution in [0.5, 0.6) is 0 Å². The summed E-state index contributed by atoms with van der Waals surface area (Å²) < 4.78 is 0. The van der Waals surface area contributed by atoms with E-state index in [1.165, 1.54) is 24.8 Å². The zero-order chi connectivity index (χ0) is 12.3. The van der Waals surface area contributed by atoms with Crippen LogP contribution >= 0.6 is 0 Å². The van der Waals surface area contributed by atoms with E-state index >= 15 is 0 Å². The molecule has 1 fully saturated rings. The fourth-order valence-corrected chi connectivity index (χ4v) is 2.47. The monoisotopic (exact) mass is 233 g/mol. The van der Waals surface area contributed by atoms with Gasteiger partial charge in [-0.25, -0.2) is 0 Å². The average molecular weight is 233 g/mol. The molecule has 0 aromatic heterocycles. The van der Waals surface area contributed by atoms with Crippen molar-refractivity contribution in [3.8, 4) is 0 Å². The van der Waals surface area contributed by atoms with E-state index in [-0.39, 0.29) is 6.10 Å². The van der Waals surface area contributed by atoms with Crippen molar-refractivity contribution in [1.82, 2.24) is 4.90 Å². The lowest BCUT2D eigenvalue weighted by Gasteiger charge is -2.31. The van der Waals surface area contributed by atoms with Crippen LogP contribution in [0, 0.1) is 12.8 Å². The molecule has 1 unspecified atom stereocenters. The van der Waals surface area contributed by atoms with Crippen molar-refractivity contribution in [2.45, 2.75) is 32.3 Å². The van der Waals surface area contributed by atoms with Gasteiger partial charge in [-0.15, -0.1) is 0 Å². The normalized spacial score (nSPS) is 18.1. The average Bonchev–Trinajstić information content (AvgIpc) is 2.23. The van der Waals surface area contributed by atoms with Gasteiger partial charge < -0.3 is 10.0 Å². The predicted molar refractivity (Wildman–Crippen MR) is 71.0 cm³/mol. The fraction of sp³-hybridized carbons (Fsp3) is 0.600. The Morgan fingerprint density at radius 3 is 2.76 bits per heavy atom. The van der Waals surface area contributed by atoms with E-state index in [9.17, 15) is 5.11 Å². The van der Waals surface area contributed by atoms with Crippen molar-refractivity contribution in [2.24, 2.45) is 5.92 Å². The van der Waals surface area contributed by atoms with Gasteiger partial charge in [0.1, 0.15) is 0 Å². The highest BCUT2D eigenvalue weighted by Crippen LogP contribution is 2.27. The molecule has 17 heavy (non-hydrogen) atoms. The summed E-state index contributed by atoms with van der Waals surface area (Å²) in [4.78, 5) is 2.26. The quantitative estimate of drug-likeness (QED) is 0.845. The van der Waals surface area contributed by atoms with E-state index < -0.39 is 0 Å². The summed E-state index contributed by atoms with van der Waals surface area (Å²) in [6, 6.07) is 8.16. The van der Waals surface area contributed by atoms with Crippen molar-refractivity contribution >= 4 is 0 Å². The summed E-state index contributed by atoms with van der Waals surface area (Å²) in [5.74, 6) is 0.865. The Labute approximate surface area is 104 Å². The summed E-state index contributed by atoms with van der Waals surface area (Å²) in [7, 11) is 2.11. The van der Waals surface area contributed by atoms with E-state index in [0.717, 1.165) is 24.6 Å². The molecule has 94 valence electrons. The highest BCUT2D eigenvalue weighted by Gasteiger charge is 2.20. The smallest absolute Gasteiger partial charge is 0.0916 e. The third-order valence-corrected chi connectivity index (χ3v) is 3.71. The Hall–Kier alpha value is -0.860. The van der Waals surface area contributed by atoms with Crippen LogP contribution in [0.3, 0.4) is 0 Å². The summed E-state index contributed by atoms with van der Waals surface area (Å²) in [6.45, 7) is 3.93. The lowest BCUT2D eigenvalue weighted by Crippen LogP contribution is -2.32. The first-order valence-corrected chi connectivity index (χ1v) is 6.58. The number of hydrogen-bond acceptors (Lipinski definition) is 2. The van der Waals surface area contributed by atoms with Crippen molar-refractivity contribution in [3.05, 3.63) is 35.4 Å². The molecule has 1 aromatic carbocycles. The van der Waals surface area contributed by atoms with Gasteiger partial charge in [0.2, 0.25) is 0 Å². The van der Waals surface area contributed by atoms with Gasteiger partial charge in [-0.3, -0.25) is 0 Å². The standard InChI is InChI=1S/C15H23NO/c1-12-5-3-8-14(9-12)15(17)11-16(2)10-13-6-4-7-13/h3,5,8-9,13,15,17H,4,6-7,10-11H2,1-2H3. The molecule has 1 saturated carbocycles. The zero-order valence-corrected chi connectivity index (χ0v) is 10.9. The van der Waals surface area contributed by atoms with Crippen LogP contribution in [0.25, 0.3) is 0 Å².